The monoisotopic (exact) mass is 270 g/mol. The number of rotatable bonds is 5. The number of benzene rings is 1. The molecule has 3 N–H and O–H groups in total. The zero-order chi connectivity index (χ0) is 12.9. The molecule has 0 fully saturated rings. The lowest BCUT2D eigenvalue weighted by atomic mass is 10.1. The van der Waals surface area contributed by atoms with E-state index in [1.165, 1.54) is 5.56 Å². The Morgan fingerprint density at radius 3 is 2.17 bits per heavy atom. The summed E-state index contributed by atoms with van der Waals surface area (Å²) in [7, 11) is 0. The molecule has 1 amide bonds. The third-order valence-corrected chi connectivity index (χ3v) is 2.54. The minimum atomic E-state index is -0.359. The van der Waals surface area contributed by atoms with E-state index in [9.17, 15) is 4.79 Å². The van der Waals surface area contributed by atoms with Crippen molar-refractivity contribution >= 4 is 18.3 Å². The summed E-state index contributed by atoms with van der Waals surface area (Å²) in [6.45, 7) is 6.40. The van der Waals surface area contributed by atoms with Gasteiger partial charge in [0.2, 0.25) is 5.91 Å². The molecule has 0 spiro atoms. The average Bonchev–Trinajstić information content (AvgIpc) is 2.27. The molecule has 0 saturated heterocycles. The Bertz CT molecular complexity index is 368. The molecule has 1 aromatic carbocycles. The molecule has 1 aromatic rings. The highest BCUT2D eigenvalue weighted by molar-refractivity contribution is 5.85. The quantitative estimate of drug-likeness (QED) is 0.861. The van der Waals surface area contributed by atoms with Crippen LogP contribution in [0.5, 0.6) is 0 Å². The first-order valence-corrected chi connectivity index (χ1v) is 6.04. The molecule has 0 saturated carbocycles. The molecule has 3 nitrogen and oxygen atoms in total. The van der Waals surface area contributed by atoms with Gasteiger partial charge in [0.15, 0.2) is 0 Å². The van der Waals surface area contributed by atoms with Gasteiger partial charge >= 0.3 is 0 Å². The predicted octanol–water partition coefficient (Wildman–Crippen LogP) is 2.07. The maximum absolute atomic E-state index is 11.6. The molecule has 0 aliphatic rings. The second kappa shape index (κ2) is 7.39. The van der Waals surface area contributed by atoms with Crippen LogP contribution < -0.4 is 11.1 Å². The van der Waals surface area contributed by atoms with Crippen molar-refractivity contribution in [3.8, 4) is 0 Å². The zero-order valence-electron chi connectivity index (χ0n) is 11.3. The standard InChI is InChI=1S/C14H22N2O.ClH/c1-4-11-5-7-12(8-6-11)9-13(17)16-10-14(2,3)15;/h5-8H,4,9-10,15H2,1-3H3,(H,16,17);1H. The molecule has 0 aliphatic heterocycles. The van der Waals surface area contributed by atoms with Crippen molar-refractivity contribution in [2.45, 2.75) is 39.2 Å². The lowest BCUT2D eigenvalue weighted by Crippen LogP contribution is -2.45. The van der Waals surface area contributed by atoms with Gasteiger partial charge in [-0.1, -0.05) is 31.2 Å². The van der Waals surface area contributed by atoms with Crippen molar-refractivity contribution in [2.75, 3.05) is 6.54 Å². The maximum Gasteiger partial charge on any atom is 0.224 e. The van der Waals surface area contributed by atoms with Crippen molar-refractivity contribution in [3.05, 3.63) is 35.4 Å². The fraction of sp³-hybridized carbons (Fsp3) is 0.500. The number of hydrogen-bond acceptors (Lipinski definition) is 2. The molecule has 4 heteroatoms. The first-order valence-electron chi connectivity index (χ1n) is 6.04. The van der Waals surface area contributed by atoms with Crippen molar-refractivity contribution < 1.29 is 4.79 Å². The molecular weight excluding hydrogens is 248 g/mol. The van der Waals surface area contributed by atoms with Crippen molar-refractivity contribution in [1.29, 1.82) is 0 Å². The molecule has 0 heterocycles. The summed E-state index contributed by atoms with van der Waals surface area (Å²) in [5.74, 6) is 0.0211. The van der Waals surface area contributed by atoms with Crippen LogP contribution in [0.25, 0.3) is 0 Å². The molecular formula is C14H23ClN2O. The Morgan fingerprint density at radius 1 is 1.22 bits per heavy atom. The molecule has 1 rings (SSSR count). The molecule has 0 radical (unpaired) electrons. The molecule has 0 bridgehead atoms. The van der Waals surface area contributed by atoms with E-state index < -0.39 is 0 Å². The smallest absolute Gasteiger partial charge is 0.224 e. The van der Waals surface area contributed by atoms with Crippen LogP contribution in [-0.2, 0) is 17.6 Å². The van der Waals surface area contributed by atoms with Gasteiger partial charge in [-0.2, -0.15) is 0 Å². The number of nitrogens with two attached hydrogens (primary N) is 1. The Labute approximate surface area is 116 Å². The van der Waals surface area contributed by atoms with Gasteiger partial charge in [0.1, 0.15) is 0 Å². The van der Waals surface area contributed by atoms with Crippen LogP contribution in [0.2, 0.25) is 0 Å². The largest absolute Gasteiger partial charge is 0.354 e. The van der Waals surface area contributed by atoms with Gasteiger partial charge in [0.25, 0.3) is 0 Å². The van der Waals surface area contributed by atoms with Crippen LogP contribution in [0, 0.1) is 0 Å². The minimum Gasteiger partial charge on any atom is -0.354 e. The molecule has 0 unspecified atom stereocenters. The van der Waals surface area contributed by atoms with Gasteiger partial charge in [0, 0.05) is 12.1 Å². The minimum absolute atomic E-state index is 0. The molecule has 102 valence electrons. The Morgan fingerprint density at radius 2 is 1.72 bits per heavy atom. The molecule has 0 aromatic heterocycles. The highest BCUT2D eigenvalue weighted by atomic mass is 35.5. The molecule has 18 heavy (non-hydrogen) atoms. The van der Waals surface area contributed by atoms with E-state index >= 15 is 0 Å². The molecule has 0 aliphatic carbocycles. The first-order chi connectivity index (χ1) is 7.90. The van der Waals surface area contributed by atoms with E-state index in [1.807, 2.05) is 26.0 Å². The number of carbonyl (C=O) groups excluding carboxylic acids is 1. The highest BCUT2D eigenvalue weighted by Crippen LogP contribution is 2.05. The summed E-state index contributed by atoms with van der Waals surface area (Å²) in [5.41, 5.74) is 7.77. The topological polar surface area (TPSA) is 55.1 Å². The Kier molecular flexibility index (Phi) is 6.96. The van der Waals surface area contributed by atoms with Crippen molar-refractivity contribution in [3.63, 3.8) is 0 Å². The van der Waals surface area contributed by atoms with Crippen LogP contribution in [-0.4, -0.2) is 18.0 Å². The number of halogens is 1. The number of nitrogens with one attached hydrogen (secondary N) is 1. The lowest BCUT2D eigenvalue weighted by molar-refractivity contribution is -0.120. The Balaban J connectivity index is 0.00000289. The zero-order valence-corrected chi connectivity index (χ0v) is 12.1. The van der Waals surface area contributed by atoms with E-state index in [4.69, 9.17) is 5.73 Å². The normalized spacial score (nSPS) is 10.7. The van der Waals surface area contributed by atoms with E-state index in [1.54, 1.807) is 0 Å². The summed E-state index contributed by atoms with van der Waals surface area (Å²) in [6, 6.07) is 8.14. The fourth-order valence-corrected chi connectivity index (χ4v) is 1.47. The number of aryl methyl sites for hydroxylation is 1. The van der Waals surface area contributed by atoms with Crippen LogP contribution in [0.15, 0.2) is 24.3 Å². The second-order valence-corrected chi connectivity index (χ2v) is 5.11. The summed E-state index contributed by atoms with van der Waals surface area (Å²) in [6.07, 6.45) is 1.44. The average molecular weight is 271 g/mol. The number of carbonyl (C=O) groups is 1. The lowest BCUT2D eigenvalue weighted by Gasteiger charge is -2.18. The van der Waals surface area contributed by atoms with Crippen LogP contribution in [0.1, 0.15) is 31.9 Å². The predicted molar refractivity (Wildman–Crippen MR) is 78.0 cm³/mol. The third-order valence-electron chi connectivity index (χ3n) is 2.54. The van der Waals surface area contributed by atoms with Gasteiger partial charge < -0.3 is 11.1 Å². The van der Waals surface area contributed by atoms with Crippen molar-refractivity contribution in [1.82, 2.24) is 5.32 Å². The van der Waals surface area contributed by atoms with Gasteiger partial charge in [0.05, 0.1) is 6.42 Å². The van der Waals surface area contributed by atoms with Crippen LogP contribution in [0.3, 0.4) is 0 Å². The number of amides is 1. The third kappa shape index (κ3) is 6.62. The summed E-state index contributed by atoms with van der Waals surface area (Å²) >= 11 is 0. The summed E-state index contributed by atoms with van der Waals surface area (Å²) < 4.78 is 0. The first kappa shape index (κ1) is 16.9. The highest BCUT2D eigenvalue weighted by Gasteiger charge is 2.12. The summed E-state index contributed by atoms with van der Waals surface area (Å²) in [4.78, 5) is 11.6. The van der Waals surface area contributed by atoms with Crippen LogP contribution >= 0.6 is 12.4 Å². The fourth-order valence-electron chi connectivity index (χ4n) is 1.47. The van der Waals surface area contributed by atoms with Gasteiger partial charge in [-0.15, -0.1) is 12.4 Å². The van der Waals surface area contributed by atoms with Gasteiger partial charge in [-0.3, -0.25) is 4.79 Å². The SMILES string of the molecule is CCc1ccc(CC(=O)NCC(C)(C)N)cc1.Cl. The number of hydrogen-bond donors (Lipinski definition) is 2. The second-order valence-electron chi connectivity index (χ2n) is 5.11. The van der Waals surface area contributed by atoms with E-state index in [2.05, 4.69) is 24.4 Å². The van der Waals surface area contributed by atoms with Gasteiger partial charge in [-0.05, 0) is 31.4 Å². The van der Waals surface area contributed by atoms with E-state index in [0.717, 1.165) is 12.0 Å². The summed E-state index contributed by atoms with van der Waals surface area (Å²) in [5, 5.41) is 2.84. The van der Waals surface area contributed by atoms with Crippen LogP contribution in [0.4, 0.5) is 0 Å². The van der Waals surface area contributed by atoms with Crippen molar-refractivity contribution in [2.24, 2.45) is 5.73 Å². The maximum atomic E-state index is 11.6. The van der Waals surface area contributed by atoms with Gasteiger partial charge in [-0.25, -0.2) is 0 Å². The van der Waals surface area contributed by atoms with E-state index in [0.29, 0.717) is 13.0 Å². The molecule has 0 atom stereocenters. The Hall–Kier alpha value is -1.06. The van der Waals surface area contributed by atoms with E-state index in [-0.39, 0.29) is 23.9 Å².